The Bertz CT molecular complexity index is 234. The molecule has 1 atom stereocenters. The minimum absolute atomic E-state index is 0.0856. The van der Waals surface area contributed by atoms with Crippen molar-refractivity contribution in [2.75, 3.05) is 0 Å². The van der Waals surface area contributed by atoms with E-state index in [1.807, 2.05) is 0 Å². The SMILES string of the molecule is CCC1C(=O)NN=C1C(=O)O. The van der Waals surface area contributed by atoms with Crippen LogP contribution < -0.4 is 5.43 Å². The lowest BCUT2D eigenvalue weighted by Crippen LogP contribution is -2.26. The molecule has 0 fully saturated rings. The van der Waals surface area contributed by atoms with E-state index in [4.69, 9.17) is 5.11 Å². The van der Waals surface area contributed by atoms with Crippen molar-refractivity contribution in [3.05, 3.63) is 0 Å². The van der Waals surface area contributed by atoms with Gasteiger partial charge in [0.15, 0.2) is 5.71 Å². The number of carbonyl (C=O) groups is 2. The van der Waals surface area contributed by atoms with Gasteiger partial charge in [-0.15, -0.1) is 0 Å². The summed E-state index contributed by atoms with van der Waals surface area (Å²) in [5.74, 6) is -2.03. The molecule has 2 N–H and O–H groups in total. The normalized spacial score (nSPS) is 22.8. The molecular formula is C6H8N2O3. The van der Waals surface area contributed by atoms with E-state index < -0.39 is 11.9 Å². The van der Waals surface area contributed by atoms with Gasteiger partial charge in [-0.05, 0) is 6.42 Å². The average Bonchev–Trinajstić information content (AvgIpc) is 2.30. The number of carbonyl (C=O) groups excluding carboxylic acids is 1. The third-order valence-corrected chi connectivity index (χ3v) is 1.56. The number of rotatable bonds is 2. The summed E-state index contributed by atoms with van der Waals surface area (Å²) < 4.78 is 0. The van der Waals surface area contributed by atoms with Gasteiger partial charge in [0, 0.05) is 0 Å². The fourth-order valence-electron chi connectivity index (χ4n) is 0.971. The van der Waals surface area contributed by atoms with Crippen molar-refractivity contribution in [2.45, 2.75) is 13.3 Å². The van der Waals surface area contributed by atoms with Gasteiger partial charge < -0.3 is 5.11 Å². The molecule has 60 valence electrons. The Kier molecular flexibility index (Phi) is 1.89. The molecule has 0 aliphatic carbocycles. The molecule has 1 unspecified atom stereocenters. The smallest absolute Gasteiger partial charge is 0.352 e. The number of nitrogens with zero attached hydrogens (tertiary/aromatic N) is 1. The molecule has 0 saturated carbocycles. The highest BCUT2D eigenvalue weighted by molar-refractivity contribution is 6.41. The number of hydrogen-bond acceptors (Lipinski definition) is 3. The Labute approximate surface area is 63.1 Å². The lowest BCUT2D eigenvalue weighted by atomic mass is 10.0. The van der Waals surface area contributed by atoms with E-state index in [-0.39, 0.29) is 11.6 Å². The van der Waals surface area contributed by atoms with Crippen LogP contribution in [0.4, 0.5) is 0 Å². The molecule has 1 heterocycles. The summed E-state index contributed by atoms with van der Waals surface area (Å²) in [5.41, 5.74) is 2.03. The number of nitrogens with one attached hydrogen (secondary N) is 1. The van der Waals surface area contributed by atoms with Gasteiger partial charge in [0.1, 0.15) is 0 Å². The Morgan fingerprint density at radius 1 is 1.82 bits per heavy atom. The molecule has 0 aromatic heterocycles. The van der Waals surface area contributed by atoms with Crippen molar-refractivity contribution in [1.82, 2.24) is 5.43 Å². The first kappa shape index (κ1) is 7.71. The van der Waals surface area contributed by atoms with Gasteiger partial charge in [0.25, 0.3) is 0 Å². The fraction of sp³-hybridized carbons (Fsp3) is 0.500. The van der Waals surface area contributed by atoms with Crippen LogP contribution in [0.15, 0.2) is 5.10 Å². The quantitative estimate of drug-likeness (QED) is 0.570. The summed E-state index contributed by atoms with van der Waals surface area (Å²) in [5, 5.41) is 11.9. The minimum Gasteiger partial charge on any atom is -0.477 e. The van der Waals surface area contributed by atoms with Crippen LogP contribution >= 0.6 is 0 Å². The number of aliphatic carboxylic acids is 1. The lowest BCUT2D eigenvalue weighted by molar-refractivity contribution is -0.130. The summed E-state index contributed by atoms with van der Waals surface area (Å²) in [6.07, 6.45) is 0.469. The fourth-order valence-corrected chi connectivity index (χ4v) is 0.971. The van der Waals surface area contributed by atoms with Crippen LogP contribution in [0.25, 0.3) is 0 Å². The van der Waals surface area contributed by atoms with Crippen LogP contribution in [0.3, 0.4) is 0 Å². The second kappa shape index (κ2) is 2.69. The number of amides is 1. The second-order valence-corrected chi connectivity index (χ2v) is 2.24. The summed E-state index contributed by atoms with van der Waals surface area (Å²) in [4.78, 5) is 21.2. The summed E-state index contributed by atoms with van der Waals surface area (Å²) >= 11 is 0. The number of hydrazone groups is 1. The number of hydrogen-bond donors (Lipinski definition) is 2. The van der Waals surface area contributed by atoms with Gasteiger partial charge in [-0.1, -0.05) is 6.92 Å². The van der Waals surface area contributed by atoms with Gasteiger partial charge in [-0.2, -0.15) is 5.10 Å². The number of carboxylic acids is 1. The molecule has 1 aliphatic rings. The topological polar surface area (TPSA) is 78.8 Å². The lowest BCUT2D eigenvalue weighted by Gasteiger charge is -2.00. The van der Waals surface area contributed by atoms with Crippen LogP contribution in [0.5, 0.6) is 0 Å². The highest BCUT2D eigenvalue weighted by atomic mass is 16.4. The van der Waals surface area contributed by atoms with E-state index in [0.29, 0.717) is 6.42 Å². The maximum absolute atomic E-state index is 10.8. The monoisotopic (exact) mass is 156 g/mol. The molecule has 0 spiro atoms. The Balaban J connectivity index is 2.81. The van der Waals surface area contributed by atoms with E-state index >= 15 is 0 Å². The van der Waals surface area contributed by atoms with E-state index in [0.717, 1.165) is 0 Å². The highest BCUT2D eigenvalue weighted by Gasteiger charge is 2.32. The van der Waals surface area contributed by atoms with Crippen molar-refractivity contribution >= 4 is 17.6 Å². The maximum atomic E-state index is 10.8. The van der Waals surface area contributed by atoms with Crippen LogP contribution in [0.2, 0.25) is 0 Å². The molecule has 0 saturated heterocycles. The van der Waals surface area contributed by atoms with Gasteiger partial charge in [0.2, 0.25) is 5.91 Å². The van der Waals surface area contributed by atoms with Gasteiger partial charge >= 0.3 is 5.97 Å². The largest absolute Gasteiger partial charge is 0.477 e. The molecule has 0 aromatic rings. The summed E-state index contributed by atoms with van der Waals surface area (Å²) in [6, 6.07) is 0. The van der Waals surface area contributed by atoms with Crippen LogP contribution in [-0.4, -0.2) is 22.7 Å². The molecule has 1 amide bonds. The zero-order valence-corrected chi connectivity index (χ0v) is 6.00. The zero-order chi connectivity index (χ0) is 8.43. The molecule has 11 heavy (non-hydrogen) atoms. The Morgan fingerprint density at radius 2 is 2.45 bits per heavy atom. The third-order valence-electron chi connectivity index (χ3n) is 1.56. The van der Waals surface area contributed by atoms with E-state index in [1.165, 1.54) is 0 Å². The van der Waals surface area contributed by atoms with Crippen LogP contribution in [0, 0.1) is 5.92 Å². The standard InChI is InChI=1S/C6H8N2O3/c1-2-3-4(6(10)11)7-8-5(3)9/h3H,2H2,1H3,(H,8,9)(H,10,11). The molecule has 5 heteroatoms. The summed E-state index contributed by atoms with van der Waals surface area (Å²) in [6.45, 7) is 1.74. The van der Waals surface area contributed by atoms with E-state index in [9.17, 15) is 9.59 Å². The van der Waals surface area contributed by atoms with Gasteiger partial charge in [-0.25, -0.2) is 10.2 Å². The van der Waals surface area contributed by atoms with Crippen molar-refractivity contribution in [3.63, 3.8) is 0 Å². The van der Waals surface area contributed by atoms with Crippen molar-refractivity contribution in [3.8, 4) is 0 Å². The predicted molar refractivity (Wildman–Crippen MR) is 37.0 cm³/mol. The third kappa shape index (κ3) is 1.21. The van der Waals surface area contributed by atoms with Crippen molar-refractivity contribution in [2.24, 2.45) is 11.0 Å². The predicted octanol–water partition coefficient (Wildman–Crippen LogP) is -0.417. The van der Waals surface area contributed by atoms with Gasteiger partial charge in [0.05, 0.1) is 5.92 Å². The molecule has 0 aromatic carbocycles. The molecule has 0 bridgehead atoms. The molecule has 5 nitrogen and oxygen atoms in total. The van der Waals surface area contributed by atoms with Crippen LogP contribution in [-0.2, 0) is 9.59 Å². The average molecular weight is 156 g/mol. The van der Waals surface area contributed by atoms with E-state index in [1.54, 1.807) is 6.92 Å². The first-order valence-corrected chi connectivity index (χ1v) is 3.27. The number of carboxylic acid groups (broad SMARTS) is 1. The minimum atomic E-state index is -1.13. The summed E-state index contributed by atoms with van der Waals surface area (Å²) in [7, 11) is 0. The first-order valence-electron chi connectivity index (χ1n) is 3.27. The molecule has 1 rings (SSSR count). The maximum Gasteiger partial charge on any atom is 0.352 e. The van der Waals surface area contributed by atoms with Gasteiger partial charge in [-0.3, -0.25) is 4.79 Å². The first-order chi connectivity index (χ1) is 5.16. The second-order valence-electron chi connectivity index (χ2n) is 2.24. The molecular weight excluding hydrogens is 148 g/mol. The zero-order valence-electron chi connectivity index (χ0n) is 6.00. The van der Waals surface area contributed by atoms with Crippen LogP contribution in [0.1, 0.15) is 13.3 Å². The Morgan fingerprint density at radius 3 is 2.82 bits per heavy atom. The Hall–Kier alpha value is -1.39. The van der Waals surface area contributed by atoms with E-state index in [2.05, 4.69) is 10.5 Å². The van der Waals surface area contributed by atoms with Crippen molar-refractivity contribution < 1.29 is 14.7 Å². The molecule has 0 radical (unpaired) electrons. The molecule has 1 aliphatic heterocycles. The van der Waals surface area contributed by atoms with Crippen molar-refractivity contribution in [1.29, 1.82) is 0 Å². The highest BCUT2D eigenvalue weighted by Crippen LogP contribution is 2.10.